The Morgan fingerprint density at radius 2 is 1.76 bits per heavy atom. The number of alkyl halides is 3. The number of rotatable bonds is 14. The maximum Gasteiger partial charge on any atom is 0.416 e. The number of carbonyl (C=O) groups excluding carboxylic acids is 1. The van der Waals surface area contributed by atoms with Crippen molar-refractivity contribution in [3.05, 3.63) is 83.9 Å². The Morgan fingerprint density at radius 1 is 1.07 bits per heavy atom. The zero-order chi connectivity index (χ0) is 32.5. The first-order valence-corrected chi connectivity index (χ1v) is 16.2. The molecule has 0 saturated carbocycles. The van der Waals surface area contributed by atoms with E-state index in [0.29, 0.717) is 18.9 Å². The molecule has 1 saturated heterocycles. The Morgan fingerprint density at radius 3 is 2.31 bits per heavy atom. The van der Waals surface area contributed by atoms with Crippen LogP contribution >= 0.6 is 0 Å². The zero-order valence-corrected chi connectivity index (χ0v) is 27.0. The third-order valence-corrected chi connectivity index (χ3v) is 9.40. The van der Waals surface area contributed by atoms with Crippen molar-refractivity contribution in [2.45, 2.75) is 77.1 Å². The normalized spacial score (nSPS) is 16.6. The van der Waals surface area contributed by atoms with E-state index in [9.17, 15) is 18.0 Å². The summed E-state index contributed by atoms with van der Waals surface area (Å²) in [4.78, 5) is 21.5. The molecule has 1 N–H and O–H groups in total. The van der Waals surface area contributed by atoms with Gasteiger partial charge in [-0.3, -0.25) is 0 Å². The topological polar surface area (TPSA) is 62.6 Å². The molecule has 2 heterocycles. The molecule has 1 amide bonds. The second kappa shape index (κ2) is 15.7. The van der Waals surface area contributed by atoms with Gasteiger partial charge in [-0.25, -0.2) is 9.78 Å². The quantitative estimate of drug-likeness (QED) is 0.203. The van der Waals surface area contributed by atoms with Gasteiger partial charge in [0.25, 0.3) is 0 Å². The van der Waals surface area contributed by atoms with E-state index < -0.39 is 17.8 Å². The number of nitrogens with zero attached hydrogens (tertiary/aromatic N) is 4. The number of benzene rings is 2. The van der Waals surface area contributed by atoms with Gasteiger partial charge < -0.3 is 24.4 Å². The summed E-state index contributed by atoms with van der Waals surface area (Å²) in [5.41, 5.74) is 1.14. The van der Waals surface area contributed by atoms with Gasteiger partial charge in [-0.15, -0.1) is 0 Å². The molecule has 1 aromatic heterocycles. The van der Waals surface area contributed by atoms with Crippen LogP contribution in [-0.2, 0) is 22.9 Å². The summed E-state index contributed by atoms with van der Waals surface area (Å²) in [6.45, 7) is 11.0. The fourth-order valence-corrected chi connectivity index (χ4v) is 6.89. The van der Waals surface area contributed by atoms with Gasteiger partial charge in [-0.2, -0.15) is 13.2 Å². The number of piperidine rings is 1. The Bertz CT molecular complexity index is 1320. The van der Waals surface area contributed by atoms with Crippen molar-refractivity contribution in [2.24, 2.45) is 5.92 Å². The van der Waals surface area contributed by atoms with Gasteiger partial charge in [0.15, 0.2) is 0 Å². The van der Waals surface area contributed by atoms with Crippen LogP contribution in [0.4, 0.5) is 23.7 Å². The molecule has 2 aromatic carbocycles. The fourth-order valence-electron chi connectivity index (χ4n) is 6.89. The van der Waals surface area contributed by atoms with Crippen LogP contribution in [0.3, 0.4) is 0 Å². The second-order valence-electron chi connectivity index (χ2n) is 12.1. The number of aromatic nitrogens is 2. The largest absolute Gasteiger partial charge is 0.446 e. The van der Waals surface area contributed by atoms with Gasteiger partial charge in [0.2, 0.25) is 0 Å². The van der Waals surface area contributed by atoms with Crippen molar-refractivity contribution in [3.8, 4) is 0 Å². The van der Waals surface area contributed by atoms with E-state index in [-0.39, 0.29) is 11.5 Å². The Kier molecular flexibility index (Phi) is 11.9. The first-order chi connectivity index (χ1) is 21.6. The maximum atomic E-state index is 13.1. The van der Waals surface area contributed by atoms with E-state index in [1.54, 1.807) is 19.2 Å². The number of hydrogen-bond acceptors (Lipinski definition) is 5. The number of nitrogens with one attached hydrogen (secondary N) is 1. The molecule has 0 radical (unpaired) electrons. The number of alkyl carbamates (subject to hydrolysis) is 1. The number of likely N-dealkylation sites (N-methyl/N-ethyl adjacent to an activating group) is 1. The Labute approximate surface area is 265 Å². The van der Waals surface area contributed by atoms with Crippen LogP contribution in [0, 0.1) is 12.8 Å². The van der Waals surface area contributed by atoms with Crippen molar-refractivity contribution < 1.29 is 22.7 Å². The molecular weight excluding hydrogens is 579 g/mol. The average molecular weight is 628 g/mol. The molecule has 3 aromatic rings. The molecule has 246 valence electrons. The van der Waals surface area contributed by atoms with E-state index >= 15 is 0 Å². The van der Waals surface area contributed by atoms with E-state index in [1.165, 1.54) is 5.56 Å². The maximum absolute atomic E-state index is 13.1. The minimum Gasteiger partial charge on any atom is -0.446 e. The lowest BCUT2D eigenvalue weighted by Crippen LogP contribution is -2.49. The average Bonchev–Trinajstić information content (AvgIpc) is 3.45. The molecule has 0 spiro atoms. The number of likely N-dealkylation sites (tertiary alicyclic amines) is 1. The summed E-state index contributed by atoms with van der Waals surface area (Å²) in [6, 6.07) is 16.1. The molecule has 4 rings (SSSR count). The van der Waals surface area contributed by atoms with Gasteiger partial charge in [-0.1, -0.05) is 43.7 Å². The predicted octanol–water partition coefficient (Wildman–Crippen LogP) is 7.30. The lowest BCUT2D eigenvalue weighted by molar-refractivity contribution is -0.137. The first kappa shape index (κ1) is 34.3. The summed E-state index contributed by atoms with van der Waals surface area (Å²) in [7, 11) is 1.59. The number of aryl methyl sites for hydroxylation is 1. The number of amides is 1. The summed E-state index contributed by atoms with van der Waals surface area (Å²) >= 11 is 0. The smallest absolute Gasteiger partial charge is 0.416 e. The Balaban J connectivity index is 1.54. The molecule has 1 aliphatic heterocycles. The highest BCUT2D eigenvalue weighted by Gasteiger charge is 2.44. The number of halogens is 3. The number of ether oxygens (including phenoxy) is 1. The van der Waals surface area contributed by atoms with Crippen molar-refractivity contribution in [1.82, 2.24) is 19.8 Å². The fraction of sp³-hybridized carbons (Fsp3) is 0.543. The minimum atomic E-state index is -4.34. The van der Waals surface area contributed by atoms with Gasteiger partial charge in [0, 0.05) is 56.7 Å². The zero-order valence-electron chi connectivity index (χ0n) is 27.0. The monoisotopic (exact) mass is 627 g/mol. The molecule has 1 fully saturated rings. The molecule has 1 aliphatic rings. The molecule has 0 bridgehead atoms. The van der Waals surface area contributed by atoms with Crippen LogP contribution in [0.15, 0.2) is 67.0 Å². The third-order valence-electron chi connectivity index (χ3n) is 9.40. The van der Waals surface area contributed by atoms with Crippen molar-refractivity contribution in [1.29, 1.82) is 0 Å². The molecule has 2 atom stereocenters. The highest BCUT2D eigenvalue weighted by molar-refractivity contribution is 5.66. The molecular formula is C35H48F3N5O2. The van der Waals surface area contributed by atoms with Crippen LogP contribution in [0.5, 0.6) is 0 Å². The Hall–Kier alpha value is -3.53. The number of hydrogen-bond donors (Lipinski definition) is 1. The van der Waals surface area contributed by atoms with E-state index in [0.717, 1.165) is 82.1 Å². The third kappa shape index (κ3) is 8.81. The first-order valence-electron chi connectivity index (χ1n) is 16.2. The summed E-state index contributed by atoms with van der Waals surface area (Å²) in [5.74, 6) is 1.29. The standard InChI is InChI=1S/C35H48F3N5O2/c1-5-10-32(45-33(44)39-4)25-34(28-11-8-7-9-12-28,26-43-22-19-40-27(43)3)29-17-20-41(21-18-29)23-24-42(6-2)31-15-13-30(14-16-31)35(36,37)38/h7-9,11-16,19,22,29,32H,5-6,10,17-18,20-21,23-26H2,1-4H3,(H,39,44). The van der Waals surface area contributed by atoms with Crippen molar-refractivity contribution in [2.75, 3.05) is 44.7 Å². The van der Waals surface area contributed by atoms with Gasteiger partial charge in [0.05, 0.1) is 5.56 Å². The second-order valence-corrected chi connectivity index (χ2v) is 12.1. The lowest BCUT2D eigenvalue weighted by Gasteiger charge is -2.47. The number of anilines is 1. The summed E-state index contributed by atoms with van der Waals surface area (Å²) < 4.78 is 47.4. The van der Waals surface area contributed by atoms with Gasteiger partial charge >= 0.3 is 12.3 Å². The van der Waals surface area contributed by atoms with Crippen LogP contribution in [-0.4, -0.2) is 66.4 Å². The van der Waals surface area contributed by atoms with Crippen LogP contribution in [0.1, 0.15) is 62.9 Å². The van der Waals surface area contributed by atoms with Crippen LogP contribution in [0.25, 0.3) is 0 Å². The molecule has 2 unspecified atom stereocenters. The van der Waals surface area contributed by atoms with Crippen molar-refractivity contribution >= 4 is 11.8 Å². The lowest BCUT2D eigenvalue weighted by atomic mass is 9.63. The highest BCUT2D eigenvalue weighted by Crippen LogP contribution is 2.45. The predicted molar refractivity (Wildman–Crippen MR) is 172 cm³/mol. The van der Waals surface area contributed by atoms with E-state index in [4.69, 9.17) is 4.74 Å². The summed E-state index contributed by atoms with van der Waals surface area (Å²) in [6.07, 6.45) is 3.25. The molecule has 0 aliphatic carbocycles. The highest BCUT2D eigenvalue weighted by atomic mass is 19.4. The molecule has 45 heavy (non-hydrogen) atoms. The van der Waals surface area contributed by atoms with Crippen LogP contribution in [0.2, 0.25) is 0 Å². The van der Waals surface area contributed by atoms with Crippen molar-refractivity contribution in [3.63, 3.8) is 0 Å². The number of carbonyl (C=O) groups is 1. The molecule has 10 heteroatoms. The number of imidazole rings is 1. The summed E-state index contributed by atoms with van der Waals surface area (Å²) in [5, 5.41) is 2.63. The van der Waals surface area contributed by atoms with Crippen LogP contribution < -0.4 is 10.2 Å². The van der Waals surface area contributed by atoms with Gasteiger partial charge in [0.1, 0.15) is 11.9 Å². The molecule has 7 nitrogen and oxygen atoms in total. The van der Waals surface area contributed by atoms with Gasteiger partial charge in [-0.05, 0) is 88.4 Å². The van der Waals surface area contributed by atoms with E-state index in [2.05, 4.69) is 55.9 Å². The van der Waals surface area contributed by atoms with E-state index in [1.807, 2.05) is 32.3 Å². The SMILES string of the molecule is CCCC(CC(Cn1ccnc1C)(c1ccccc1)C1CCN(CCN(CC)c2ccc(C(F)(F)F)cc2)CC1)OC(=O)NC. The minimum absolute atomic E-state index is 0.237.